The zero-order valence-corrected chi connectivity index (χ0v) is 17.2. The lowest BCUT2D eigenvalue weighted by molar-refractivity contribution is -0.138. The van der Waals surface area contributed by atoms with Gasteiger partial charge in [0.25, 0.3) is 5.91 Å². The predicted octanol–water partition coefficient (Wildman–Crippen LogP) is 4.02. The molecule has 3 heterocycles. The van der Waals surface area contributed by atoms with Gasteiger partial charge < -0.3 is 9.64 Å². The molecule has 1 aliphatic rings. The average molecular weight is 443 g/mol. The first-order valence-electron chi connectivity index (χ1n) is 10.1. The van der Waals surface area contributed by atoms with Crippen LogP contribution in [0.25, 0.3) is 11.4 Å². The number of hydrogen-bond donors (Lipinski definition) is 0. The number of likely N-dealkylation sites (tertiary alicyclic amines) is 1. The first kappa shape index (κ1) is 21.7. The Balaban J connectivity index is 1.53. The van der Waals surface area contributed by atoms with Crippen LogP contribution in [0.3, 0.4) is 0 Å². The number of halogens is 3. The number of carbonyl (C=O) groups is 1. The molecule has 0 radical (unpaired) electrons. The van der Waals surface area contributed by atoms with Crippen LogP contribution in [0.15, 0.2) is 55.1 Å². The lowest BCUT2D eigenvalue weighted by Crippen LogP contribution is -2.51. The van der Waals surface area contributed by atoms with E-state index < -0.39 is 17.8 Å². The van der Waals surface area contributed by atoms with Gasteiger partial charge >= 0.3 is 12.2 Å². The third-order valence-corrected chi connectivity index (χ3v) is 5.35. The molecule has 0 bridgehead atoms. The highest BCUT2D eigenvalue weighted by Crippen LogP contribution is 2.30. The van der Waals surface area contributed by atoms with E-state index in [-0.39, 0.29) is 18.0 Å². The number of alkyl halides is 3. The molecule has 0 spiro atoms. The highest BCUT2D eigenvalue weighted by molar-refractivity contribution is 6.00. The van der Waals surface area contributed by atoms with Gasteiger partial charge in [-0.1, -0.05) is 18.2 Å². The molecule has 0 saturated carbocycles. The Morgan fingerprint density at radius 1 is 1.06 bits per heavy atom. The fourth-order valence-corrected chi connectivity index (χ4v) is 3.67. The number of hydrogen-bond acceptors (Lipinski definition) is 6. The van der Waals surface area contributed by atoms with E-state index in [0.717, 1.165) is 0 Å². The minimum atomic E-state index is -4.52. The summed E-state index contributed by atoms with van der Waals surface area (Å²) in [6, 6.07) is 8.32. The summed E-state index contributed by atoms with van der Waals surface area (Å²) in [6.45, 7) is 2.37. The van der Waals surface area contributed by atoms with Crippen LogP contribution in [0.4, 0.5) is 13.2 Å². The van der Waals surface area contributed by atoms with Crippen molar-refractivity contribution in [3.05, 3.63) is 66.2 Å². The van der Waals surface area contributed by atoms with Crippen molar-refractivity contribution in [3.63, 3.8) is 0 Å². The third kappa shape index (κ3) is 4.53. The minimum Gasteiger partial charge on any atom is -0.458 e. The molecule has 7 nitrogen and oxygen atoms in total. The fourth-order valence-electron chi connectivity index (χ4n) is 3.67. The summed E-state index contributed by atoms with van der Waals surface area (Å²) >= 11 is 0. The van der Waals surface area contributed by atoms with Gasteiger partial charge in [-0.15, -0.1) is 0 Å². The molecular formula is C22H20F3N5O2. The lowest BCUT2D eigenvalue weighted by atomic mass is 9.97. The number of carbonyl (C=O) groups excluding carboxylic acids is 1. The van der Waals surface area contributed by atoms with E-state index in [4.69, 9.17) is 4.74 Å². The van der Waals surface area contributed by atoms with Gasteiger partial charge in [-0.2, -0.15) is 13.2 Å². The number of benzene rings is 1. The summed E-state index contributed by atoms with van der Waals surface area (Å²) in [5, 5.41) is 0. The standard InChI is InChI=1S/C22H20F3N5O2/c1-14-18(32-21-28-12-15(13-29-21)22(23,24)25)8-4-11-30(14)20(31)17-7-3-2-6-16(17)19-26-9-5-10-27-19/h2-3,5-7,9-10,12-14,18H,4,8,11H2,1H3. The number of rotatable bonds is 4. The SMILES string of the molecule is CC1C(Oc2ncc(C(F)(F)F)cn2)CCCN1C(=O)c1ccccc1-c1ncccn1. The second-order valence-electron chi connectivity index (χ2n) is 7.41. The topological polar surface area (TPSA) is 81.1 Å². The van der Waals surface area contributed by atoms with Crippen LogP contribution < -0.4 is 4.74 Å². The molecule has 2 atom stereocenters. The highest BCUT2D eigenvalue weighted by Gasteiger charge is 2.35. The van der Waals surface area contributed by atoms with Gasteiger partial charge in [0.15, 0.2) is 5.82 Å². The summed E-state index contributed by atoms with van der Waals surface area (Å²) in [6.07, 6.45) is 0.927. The molecule has 3 aromatic rings. The van der Waals surface area contributed by atoms with E-state index in [1.165, 1.54) is 0 Å². The zero-order chi connectivity index (χ0) is 22.7. The van der Waals surface area contributed by atoms with E-state index in [1.807, 2.05) is 13.0 Å². The minimum absolute atomic E-state index is 0.151. The summed E-state index contributed by atoms with van der Waals surface area (Å²) in [5.74, 6) is 0.259. The molecule has 1 amide bonds. The number of amides is 1. The van der Waals surface area contributed by atoms with Gasteiger partial charge in [-0.05, 0) is 31.9 Å². The van der Waals surface area contributed by atoms with E-state index in [9.17, 15) is 18.0 Å². The van der Waals surface area contributed by atoms with Crippen LogP contribution in [0.2, 0.25) is 0 Å². The Hall–Kier alpha value is -3.56. The summed E-state index contributed by atoms with van der Waals surface area (Å²) in [5.41, 5.74) is 0.148. The second-order valence-corrected chi connectivity index (χ2v) is 7.41. The molecule has 32 heavy (non-hydrogen) atoms. The first-order valence-corrected chi connectivity index (χ1v) is 10.1. The van der Waals surface area contributed by atoms with E-state index in [2.05, 4.69) is 19.9 Å². The second kappa shape index (κ2) is 8.89. The van der Waals surface area contributed by atoms with Crippen molar-refractivity contribution in [1.82, 2.24) is 24.8 Å². The molecule has 1 aliphatic heterocycles. The van der Waals surface area contributed by atoms with Crippen LogP contribution >= 0.6 is 0 Å². The molecule has 2 unspecified atom stereocenters. The molecular weight excluding hydrogens is 423 g/mol. The molecule has 1 aromatic carbocycles. The maximum atomic E-state index is 13.4. The van der Waals surface area contributed by atoms with E-state index >= 15 is 0 Å². The molecule has 0 aliphatic carbocycles. The zero-order valence-electron chi connectivity index (χ0n) is 17.2. The van der Waals surface area contributed by atoms with Crippen molar-refractivity contribution in [2.24, 2.45) is 0 Å². The third-order valence-electron chi connectivity index (χ3n) is 5.35. The molecule has 2 aromatic heterocycles. The van der Waals surface area contributed by atoms with Crippen LogP contribution in [0, 0.1) is 0 Å². The summed E-state index contributed by atoms with van der Waals surface area (Å²) in [7, 11) is 0. The van der Waals surface area contributed by atoms with E-state index in [0.29, 0.717) is 48.7 Å². The Morgan fingerprint density at radius 3 is 2.44 bits per heavy atom. The van der Waals surface area contributed by atoms with Gasteiger partial charge in [0.2, 0.25) is 0 Å². The fraction of sp³-hybridized carbons (Fsp3) is 0.318. The molecule has 1 fully saturated rings. The maximum absolute atomic E-state index is 13.4. The van der Waals surface area contributed by atoms with Gasteiger partial charge in [-0.25, -0.2) is 19.9 Å². The predicted molar refractivity (Wildman–Crippen MR) is 109 cm³/mol. The van der Waals surface area contributed by atoms with Crippen molar-refractivity contribution in [2.75, 3.05) is 6.54 Å². The van der Waals surface area contributed by atoms with Gasteiger partial charge in [0.1, 0.15) is 6.10 Å². The van der Waals surface area contributed by atoms with Gasteiger partial charge in [0.05, 0.1) is 17.2 Å². The Labute approximate surface area is 182 Å². The number of aromatic nitrogens is 4. The smallest absolute Gasteiger partial charge is 0.419 e. The first-order chi connectivity index (χ1) is 15.3. The van der Waals surface area contributed by atoms with Crippen molar-refractivity contribution in [3.8, 4) is 17.4 Å². The Morgan fingerprint density at radius 2 is 1.75 bits per heavy atom. The molecule has 166 valence electrons. The van der Waals surface area contributed by atoms with Gasteiger partial charge in [-0.3, -0.25) is 4.79 Å². The van der Waals surface area contributed by atoms with Crippen LogP contribution in [0.5, 0.6) is 6.01 Å². The normalized spacial score (nSPS) is 18.9. The van der Waals surface area contributed by atoms with Crippen LogP contribution in [-0.2, 0) is 6.18 Å². The molecule has 0 N–H and O–H groups in total. The Bertz CT molecular complexity index is 1080. The van der Waals surface area contributed by atoms with Gasteiger partial charge in [0, 0.05) is 36.9 Å². The van der Waals surface area contributed by atoms with Crippen molar-refractivity contribution < 1.29 is 22.7 Å². The Kier molecular flexibility index (Phi) is 6.02. The van der Waals surface area contributed by atoms with Crippen molar-refractivity contribution in [1.29, 1.82) is 0 Å². The number of piperidine rings is 1. The monoisotopic (exact) mass is 443 g/mol. The molecule has 1 saturated heterocycles. The number of ether oxygens (including phenoxy) is 1. The summed E-state index contributed by atoms with van der Waals surface area (Å²) in [4.78, 5) is 31.0. The number of nitrogens with zero attached hydrogens (tertiary/aromatic N) is 5. The van der Waals surface area contributed by atoms with E-state index in [1.54, 1.807) is 41.6 Å². The quantitative estimate of drug-likeness (QED) is 0.606. The van der Waals surface area contributed by atoms with Crippen LogP contribution in [0.1, 0.15) is 35.7 Å². The highest BCUT2D eigenvalue weighted by atomic mass is 19.4. The molecule has 10 heteroatoms. The largest absolute Gasteiger partial charge is 0.458 e. The lowest BCUT2D eigenvalue weighted by Gasteiger charge is -2.39. The van der Waals surface area contributed by atoms with Crippen molar-refractivity contribution in [2.45, 2.75) is 38.1 Å². The van der Waals surface area contributed by atoms with Crippen molar-refractivity contribution >= 4 is 5.91 Å². The molecule has 4 rings (SSSR count). The average Bonchev–Trinajstić information content (AvgIpc) is 2.80. The van der Waals surface area contributed by atoms with Crippen LogP contribution in [-0.4, -0.2) is 49.4 Å². The maximum Gasteiger partial charge on any atom is 0.419 e. The summed E-state index contributed by atoms with van der Waals surface area (Å²) < 4.78 is 43.9.